The second-order valence-corrected chi connectivity index (χ2v) is 4.63. The Morgan fingerprint density at radius 1 is 1.26 bits per heavy atom. The summed E-state index contributed by atoms with van der Waals surface area (Å²) in [6, 6.07) is 7.51. The van der Waals surface area contributed by atoms with Gasteiger partial charge in [-0.15, -0.1) is 0 Å². The third-order valence-electron chi connectivity index (χ3n) is 3.15. The van der Waals surface area contributed by atoms with Gasteiger partial charge in [-0.25, -0.2) is 0 Å². The molecule has 0 aliphatic carbocycles. The van der Waals surface area contributed by atoms with Crippen LogP contribution < -0.4 is 5.73 Å². The van der Waals surface area contributed by atoms with E-state index in [4.69, 9.17) is 10.8 Å². The van der Waals surface area contributed by atoms with E-state index in [9.17, 15) is 4.79 Å². The molecule has 0 radical (unpaired) electrons. The number of rotatable bonds is 4. The van der Waals surface area contributed by atoms with E-state index < -0.39 is 5.97 Å². The summed E-state index contributed by atoms with van der Waals surface area (Å²) in [5.74, 6) is -0.820. The summed E-state index contributed by atoms with van der Waals surface area (Å²) in [6.07, 6.45) is 0.0487. The van der Waals surface area contributed by atoms with Crippen LogP contribution in [0.4, 0.5) is 5.69 Å². The van der Waals surface area contributed by atoms with Crippen molar-refractivity contribution in [1.82, 2.24) is 9.78 Å². The number of nitrogens with zero attached hydrogens (tertiary/aromatic N) is 2. The predicted octanol–water partition coefficient (Wildman–Crippen LogP) is 1.76. The lowest BCUT2D eigenvalue weighted by Crippen LogP contribution is -2.05. The third-order valence-corrected chi connectivity index (χ3v) is 3.15. The molecule has 2 rings (SSSR count). The van der Waals surface area contributed by atoms with E-state index >= 15 is 0 Å². The average Bonchev–Trinajstić information content (AvgIpc) is 2.59. The van der Waals surface area contributed by atoms with Crippen molar-refractivity contribution < 1.29 is 9.90 Å². The fourth-order valence-corrected chi connectivity index (χ4v) is 1.97. The van der Waals surface area contributed by atoms with Crippen molar-refractivity contribution in [2.24, 2.45) is 0 Å². The van der Waals surface area contributed by atoms with Gasteiger partial charge in [0, 0.05) is 0 Å². The number of aryl methyl sites for hydroxylation is 1. The topological polar surface area (TPSA) is 81.1 Å². The number of anilines is 1. The van der Waals surface area contributed by atoms with E-state index in [-0.39, 0.29) is 6.42 Å². The van der Waals surface area contributed by atoms with Crippen molar-refractivity contribution in [3.8, 4) is 0 Å². The number of nitrogen functional groups attached to an aromatic ring is 1. The molecular weight excluding hydrogens is 242 g/mol. The molecule has 3 N–H and O–H groups in total. The third kappa shape index (κ3) is 2.93. The Kier molecular flexibility index (Phi) is 3.55. The van der Waals surface area contributed by atoms with Gasteiger partial charge in [0.2, 0.25) is 0 Å². The Bertz CT molecular complexity index is 600. The molecule has 0 unspecified atom stereocenters. The van der Waals surface area contributed by atoms with E-state index in [0.717, 1.165) is 28.2 Å². The maximum absolute atomic E-state index is 10.6. The molecule has 0 bridgehead atoms. The number of hydrogen-bond acceptors (Lipinski definition) is 3. The summed E-state index contributed by atoms with van der Waals surface area (Å²) < 4.78 is 1.86. The van der Waals surface area contributed by atoms with Gasteiger partial charge in [-0.05, 0) is 25.0 Å². The molecule has 19 heavy (non-hydrogen) atoms. The monoisotopic (exact) mass is 259 g/mol. The van der Waals surface area contributed by atoms with Gasteiger partial charge in [0.1, 0.15) is 0 Å². The molecule has 0 aliphatic rings. The van der Waals surface area contributed by atoms with Gasteiger partial charge in [0.15, 0.2) is 0 Å². The number of carboxylic acids is 1. The molecule has 5 nitrogen and oxygen atoms in total. The fourth-order valence-electron chi connectivity index (χ4n) is 1.97. The highest BCUT2D eigenvalue weighted by molar-refractivity contribution is 5.70. The smallest absolute Gasteiger partial charge is 0.307 e. The molecule has 0 aliphatic heterocycles. The second-order valence-electron chi connectivity index (χ2n) is 4.63. The van der Waals surface area contributed by atoms with Crippen LogP contribution in [0.2, 0.25) is 0 Å². The normalized spacial score (nSPS) is 10.6. The largest absolute Gasteiger partial charge is 0.481 e. The highest BCUT2D eigenvalue weighted by Crippen LogP contribution is 2.16. The lowest BCUT2D eigenvalue weighted by molar-refractivity contribution is -0.136. The van der Waals surface area contributed by atoms with Crippen LogP contribution in [0.1, 0.15) is 22.5 Å². The van der Waals surface area contributed by atoms with E-state index in [0.29, 0.717) is 6.54 Å². The summed E-state index contributed by atoms with van der Waals surface area (Å²) in [5.41, 5.74) is 10.3. The van der Waals surface area contributed by atoms with Crippen LogP contribution in [-0.2, 0) is 17.8 Å². The number of hydrogen-bond donors (Lipinski definition) is 2. The van der Waals surface area contributed by atoms with E-state index in [1.54, 1.807) is 0 Å². The van der Waals surface area contributed by atoms with Crippen LogP contribution >= 0.6 is 0 Å². The Hall–Kier alpha value is -2.30. The van der Waals surface area contributed by atoms with Crippen LogP contribution in [-0.4, -0.2) is 20.9 Å². The Morgan fingerprint density at radius 3 is 2.32 bits per heavy atom. The van der Waals surface area contributed by atoms with Crippen LogP contribution in [0.15, 0.2) is 24.3 Å². The number of benzene rings is 1. The Labute approximate surface area is 111 Å². The van der Waals surface area contributed by atoms with E-state index in [2.05, 4.69) is 5.10 Å². The van der Waals surface area contributed by atoms with Crippen molar-refractivity contribution in [2.75, 3.05) is 5.73 Å². The number of nitrogens with two attached hydrogens (primary N) is 1. The first kappa shape index (κ1) is 13.1. The SMILES string of the molecule is Cc1nn(Cc2ccc(CC(=O)O)cc2)c(C)c1N. The highest BCUT2D eigenvalue weighted by atomic mass is 16.4. The predicted molar refractivity (Wildman–Crippen MR) is 73.0 cm³/mol. The summed E-state index contributed by atoms with van der Waals surface area (Å²) in [5, 5.41) is 13.1. The zero-order chi connectivity index (χ0) is 14.0. The molecule has 5 heteroatoms. The highest BCUT2D eigenvalue weighted by Gasteiger charge is 2.08. The number of aliphatic carboxylic acids is 1. The van der Waals surface area contributed by atoms with Crippen molar-refractivity contribution >= 4 is 11.7 Å². The number of carboxylic acid groups (broad SMARTS) is 1. The quantitative estimate of drug-likeness (QED) is 0.876. The zero-order valence-corrected chi connectivity index (χ0v) is 11.1. The van der Waals surface area contributed by atoms with E-state index in [1.165, 1.54) is 0 Å². The first-order chi connectivity index (χ1) is 8.97. The maximum Gasteiger partial charge on any atom is 0.307 e. The second kappa shape index (κ2) is 5.14. The van der Waals surface area contributed by atoms with Gasteiger partial charge < -0.3 is 10.8 Å². The Balaban J connectivity index is 2.15. The molecule has 0 atom stereocenters. The number of aromatic nitrogens is 2. The number of carbonyl (C=O) groups is 1. The molecular formula is C14H17N3O2. The van der Waals surface area contributed by atoms with E-state index in [1.807, 2.05) is 42.8 Å². The van der Waals surface area contributed by atoms with Crippen LogP contribution in [0.3, 0.4) is 0 Å². The van der Waals surface area contributed by atoms with Gasteiger partial charge >= 0.3 is 5.97 Å². The summed E-state index contributed by atoms with van der Waals surface area (Å²) in [6.45, 7) is 4.46. The van der Waals surface area contributed by atoms with Crippen molar-refractivity contribution in [3.63, 3.8) is 0 Å². The zero-order valence-electron chi connectivity index (χ0n) is 11.1. The van der Waals surface area contributed by atoms with Crippen LogP contribution in [0.25, 0.3) is 0 Å². The molecule has 1 aromatic heterocycles. The van der Waals surface area contributed by atoms with Crippen molar-refractivity contribution in [3.05, 3.63) is 46.8 Å². The molecule has 0 fully saturated rings. The first-order valence-corrected chi connectivity index (χ1v) is 6.06. The minimum atomic E-state index is -0.820. The minimum absolute atomic E-state index is 0.0487. The molecule has 100 valence electrons. The summed E-state index contributed by atoms with van der Waals surface area (Å²) in [4.78, 5) is 10.6. The molecule has 1 heterocycles. The average molecular weight is 259 g/mol. The molecule has 0 saturated carbocycles. The summed E-state index contributed by atoms with van der Waals surface area (Å²) >= 11 is 0. The molecule has 0 saturated heterocycles. The molecule has 1 aromatic carbocycles. The molecule has 0 amide bonds. The van der Waals surface area contributed by atoms with Gasteiger partial charge in [0.05, 0.1) is 30.0 Å². The minimum Gasteiger partial charge on any atom is -0.481 e. The molecule has 0 spiro atoms. The lowest BCUT2D eigenvalue weighted by atomic mass is 10.1. The van der Waals surface area contributed by atoms with Gasteiger partial charge in [-0.2, -0.15) is 5.10 Å². The van der Waals surface area contributed by atoms with Crippen LogP contribution in [0.5, 0.6) is 0 Å². The van der Waals surface area contributed by atoms with Gasteiger partial charge in [0.25, 0.3) is 0 Å². The maximum atomic E-state index is 10.6. The first-order valence-electron chi connectivity index (χ1n) is 6.06. The fraction of sp³-hybridized carbons (Fsp3) is 0.286. The van der Waals surface area contributed by atoms with Crippen molar-refractivity contribution in [2.45, 2.75) is 26.8 Å². The summed E-state index contributed by atoms with van der Waals surface area (Å²) in [7, 11) is 0. The standard InChI is InChI=1S/C14H17N3O2/c1-9-14(15)10(2)17(16-9)8-12-5-3-11(4-6-12)7-13(18)19/h3-6H,7-8,15H2,1-2H3,(H,18,19). The van der Waals surface area contributed by atoms with Crippen molar-refractivity contribution in [1.29, 1.82) is 0 Å². The van der Waals surface area contributed by atoms with Crippen LogP contribution in [0, 0.1) is 13.8 Å². The molecule has 2 aromatic rings. The van der Waals surface area contributed by atoms with Gasteiger partial charge in [-0.1, -0.05) is 24.3 Å². The Morgan fingerprint density at radius 2 is 1.84 bits per heavy atom. The lowest BCUT2D eigenvalue weighted by Gasteiger charge is -2.05. The van der Waals surface area contributed by atoms with Gasteiger partial charge in [-0.3, -0.25) is 9.48 Å².